The van der Waals surface area contributed by atoms with Gasteiger partial charge in [0.15, 0.2) is 0 Å². The van der Waals surface area contributed by atoms with Crippen molar-refractivity contribution in [2.75, 3.05) is 10.6 Å². The van der Waals surface area contributed by atoms with Crippen LogP contribution in [0, 0.1) is 5.92 Å². The SMILES string of the molecule is CC(C)CC(=O)Nc1cccc(C(=O)Nc2cccc(C(=O)O)c2)c1. The van der Waals surface area contributed by atoms with E-state index in [0.717, 1.165) is 0 Å². The number of anilines is 2. The van der Waals surface area contributed by atoms with E-state index in [4.69, 9.17) is 5.11 Å². The summed E-state index contributed by atoms with van der Waals surface area (Å²) in [5.74, 6) is -1.32. The van der Waals surface area contributed by atoms with Gasteiger partial charge in [0, 0.05) is 23.4 Å². The molecule has 0 atom stereocenters. The van der Waals surface area contributed by atoms with Gasteiger partial charge in [-0.2, -0.15) is 0 Å². The van der Waals surface area contributed by atoms with E-state index >= 15 is 0 Å². The predicted molar refractivity (Wildman–Crippen MR) is 95.9 cm³/mol. The zero-order chi connectivity index (χ0) is 18.4. The van der Waals surface area contributed by atoms with E-state index in [-0.39, 0.29) is 23.3 Å². The summed E-state index contributed by atoms with van der Waals surface area (Å²) in [5.41, 5.74) is 1.38. The summed E-state index contributed by atoms with van der Waals surface area (Å²) < 4.78 is 0. The Balaban J connectivity index is 2.09. The van der Waals surface area contributed by atoms with Gasteiger partial charge in [0.2, 0.25) is 5.91 Å². The molecule has 0 aliphatic rings. The van der Waals surface area contributed by atoms with E-state index in [9.17, 15) is 14.4 Å². The van der Waals surface area contributed by atoms with Gasteiger partial charge in [-0.05, 0) is 42.3 Å². The third kappa shape index (κ3) is 5.46. The van der Waals surface area contributed by atoms with Crippen LogP contribution in [-0.2, 0) is 4.79 Å². The van der Waals surface area contributed by atoms with Crippen LogP contribution in [0.4, 0.5) is 11.4 Å². The third-order valence-corrected chi connectivity index (χ3v) is 3.37. The Bertz CT molecular complexity index is 800. The fourth-order valence-corrected chi connectivity index (χ4v) is 2.25. The number of aromatic carboxylic acids is 1. The molecular formula is C19H20N2O4. The number of benzene rings is 2. The molecule has 0 unspecified atom stereocenters. The van der Waals surface area contributed by atoms with Gasteiger partial charge in [0.1, 0.15) is 0 Å². The molecule has 2 aromatic carbocycles. The van der Waals surface area contributed by atoms with Crippen molar-refractivity contribution in [2.45, 2.75) is 20.3 Å². The van der Waals surface area contributed by atoms with Crippen molar-refractivity contribution in [3.63, 3.8) is 0 Å². The Kier molecular flexibility index (Phi) is 5.89. The van der Waals surface area contributed by atoms with Crippen LogP contribution in [0.5, 0.6) is 0 Å². The maximum atomic E-state index is 12.3. The number of carboxylic acid groups (broad SMARTS) is 1. The van der Waals surface area contributed by atoms with E-state index in [2.05, 4.69) is 10.6 Å². The molecule has 130 valence electrons. The molecule has 0 saturated carbocycles. The van der Waals surface area contributed by atoms with Gasteiger partial charge >= 0.3 is 5.97 Å². The summed E-state index contributed by atoms with van der Waals surface area (Å²) in [6.07, 6.45) is 0.401. The molecule has 0 aromatic heterocycles. The average Bonchev–Trinajstić information content (AvgIpc) is 2.54. The Morgan fingerprint density at radius 2 is 1.48 bits per heavy atom. The largest absolute Gasteiger partial charge is 0.478 e. The molecule has 2 rings (SSSR count). The molecule has 0 heterocycles. The lowest BCUT2D eigenvalue weighted by molar-refractivity contribution is -0.116. The van der Waals surface area contributed by atoms with Crippen LogP contribution >= 0.6 is 0 Å². The minimum absolute atomic E-state index is 0.0903. The number of amides is 2. The molecule has 2 aromatic rings. The molecule has 0 saturated heterocycles. The zero-order valence-electron chi connectivity index (χ0n) is 14.1. The minimum atomic E-state index is -1.06. The second kappa shape index (κ2) is 8.10. The first-order chi connectivity index (χ1) is 11.8. The normalized spacial score (nSPS) is 10.4. The Morgan fingerprint density at radius 1 is 0.920 bits per heavy atom. The topological polar surface area (TPSA) is 95.5 Å². The molecule has 0 bridgehead atoms. The summed E-state index contributed by atoms with van der Waals surface area (Å²) in [6, 6.07) is 12.6. The number of hydrogen-bond acceptors (Lipinski definition) is 3. The van der Waals surface area contributed by atoms with Crippen molar-refractivity contribution >= 4 is 29.2 Å². The molecule has 0 radical (unpaired) electrons. The van der Waals surface area contributed by atoms with Gasteiger partial charge in [-0.1, -0.05) is 26.0 Å². The summed E-state index contributed by atoms with van der Waals surface area (Å²) in [4.78, 5) is 35.1. The van der Waals surface area contributed by atoms with Crippen molar-refractivity contribution in [3.8, 4) is 0 Å². The number of carbonyl (C=O) groups is 3. The monoisotopic (exact) mass is 340 g/mol. The van der Waals surface area contributed by atoms with Crippen LogP contribution < -0.4 is 10.6 Å². The smallest absolute Gasteiger partial charge is 0.335 e. The highest BCUT2D eigenvalue weighted by Crippen LogP contribution is 2.16. The van der Waals surface area contributed by atoms with Gasteiger partial charge in [-0.25, -0.2) is 4.79 Å². The zero-order valence-corrected chi connectivity index (χ0v) is 14.1. The Hall–Kier alpha value is -3.15. The average molecular weight is 340 g/mol. The van der Waals surface area contributed by atoms with Crippen LogP contribution in [0.25, 0.3) is 0 Å². The van der Waals surface area contributed by atoms with E-state index in [1.807, 2.05) is 13.8 Å². The quantitative estimate of drug-likeness (QED) is 0.748. The molecule has 25 heavy (non-hydrogen) atoms. The Morgan fingerprint density at radius 3 is 2.08 bits per heavy atom. The van der Waals surface area contributed by atoms with Gasteiger partial charge in [-0.15, -0.1) is 0 Å². The van der Waals surface area contributed by atoms with Crippen molar-refractivity contribution in [2.24, 2.45) is 5.92 Å². The molecule has 2 amide bonds. The predicted octanol–water partition coefficient (Wildman–Crippen LogP) is 3.62. The molecule has 3 N–H and O–H groups in total. The minimum Gasteiger partial charge on any atom is -0.478 e. The number of carbonyl (C=O) groups excluding carboxylic acids is 2. The fraction of sp³-hybridized carbons (Fsp3) is 0.211. The van der Waals surface area contributed by atoms with Crippen LogP contribution in [0.2, 0.25) is 0 Å². The molecule has 0 aliphatic heterocycles. The van der Waals surface area contributed by atoms with Crippen LogP contribution in [0.15, 0.2) is 48.5 Å². The first-order valence-electron chi connectivity index (χ1n) is 7.90. The maximum absolute atomic E-state index is 12.3. The van der Waals surface area contributed by atoms with Gasteiger partial charge in [0.05, 0.1) is 5.56 Å². The molecule has 6 nitrogen and oxygen atoms in total. The third-order valence-electron chi connectivity index (χ3n) is 3.37. The standard InChI is InChI=1S/C19H20N2O4/c1-12(2)9-17(22)20-15-7-3-5-13(10-15)18(23)21-16-8-4-6-14(11-16)19(24)25/h3-8,10-12H,9H2,1-2H3,(H,20,22)(H,21,23)(H,24,25). The Labute approximate surface area is 145 Å². The van der Waals surface area contributed by atoms with Crippen molar-refractivity contribution < 1.29 is 19.5 Å². The number of carboxylic acids is 1. The second-order valence-corrected chi connectivity index (χ2v) is 6.07. The lowest BCUT2D eigenvalue weighted by Gasteiger charge is -2.10. The van der Waals surface area contributed by atoms with Crippen LogP contribution in [0.1, 0.15) is 41.0 Å². The molecule has 0 aliphatic carbocycles. The molecule has 0 fully saturated rings. The number of hydrogen-bond donors (Lipinski definition) is 3. The highest BCUT2D eigenvalue weighted by Gasteiger charge is 2.10. The fourth-order valence-electron chi connectivity index (χ4n) is 2.25. The summed E-state index contributed by atoms with van der Waals surface area (Å²) in [5, 5.41) is 14.4. The summed E-state index contributed by atoms with van der Waals surface area (Å²) in [6.45, 7) is 3.91. The van der Waals surface area contributed by atoms with Gasteiger partial charge < -0.3 is 15.7 Å². The van der Waals surface area contributed by atoms with Crippen LogP contribution in [0.3, 0.4) is 0 Å². The molecular weight excluding hydrogens is 320 g/mol. The van der Waals surface area contributed by atoms with Crippen molar-refractivity contribution in [3.05, 3.63) is 59.7 Å². The van der Waals surface area contributed by atoms with E-state index in [1.54, 1.807) is 36.4 Å². The highest BCUT2D eigenvalue weighted by molar-refractivity contribution is 6.05. The molecule has 6 heteroatoms. The number of rotatable bonds is 6. The van der Waals surface area contributed by atoms with Crippen molar-refractivity contribution in [1.82, 2.24) is 0 Å². The maximum Gasteiger partial charge on any atom is 0.335 e. The van der Waals surface area contributed by atoms with E-state index in [0.29, 0.717) is 23.4 Å². The second-order valence-electron chi connectivity index (χ2n) is 6.07. The van der Waals surface area contributed by atoms with Gasteiger partial charge in [0.25, 0.3) is 5.91 Å². The van der Waals surface area contributed by atoms with Crippen molar-refractivity contribution in [1.29, 1.82) is 0 Å². The summed E-state index contributed by atoms with van der Waals surface area (Å²) >= 11 is 0. The molecule has 0 spiro atoms. The van der Waals surface area contributed by atoms with Gasteiger partial charge in [-0.3, -0.25) is 9.59 Å². The number of nitrogens with one attached hydrogen (secondary N) is 2. The first-order valence-corrected chi connectivity index (χ1v) is 7.90. The van der Waals surface area contributed by atoms with E-state index in [1.165, 1.54) is 12.1 Å². The lowest BCUT2D eigenvalue weighted by Crippen LogP contribution is -2.15. The van der Waals surface area contributed by atoms with E-state index < -0.39 is 5.97 Å². The summed E-state index contributed by atoms with van der Waals surface area (Å²) in [7, 11) is 0. The highest BCUT2D eigenvalue weighted by atomic mass is 16.4. The van der Waals surface area contributed by atoms with Crippen LogP contribution in [-0.4, -0.2) is 22.9 Å². The lowest BCUT2D eigenvalue weighted by atomic mass is 10.1. The first kappa shape index (κ1) is 18.2.